The molecule has 0 aromatic heterocycles. The Morgan fingerprint density at radius 1 is 1.32 bits per heavy atom. The van der Waals surface area contributed by atoms with Gasteiger partial charge in [0.1, 0.15) is 0 Å². The van der Waals surface area contributed by atoms with Gasteiger partial charge in [-0.1, -0.05) is 44.5 Å². The lowest BCUT2D eigenvalue weighted by molar-refractivity contribution is 0.175. The van der Waals surface area contributed by atoms with E-state index in [1.54, 1.807) is 0 Å². The van der Waals surface area contributed by atoms with Crippen LogP contribution in [-0.4, -0.2) is 24.5 Å². The van der Waals surface area contributed by atoms with Crippen molar-refractivity contribution in [3.05, 3.63) is 35.4 Å². The van der Waals surface area contributed by atoms with Crippen LogP contribution in [0.4, 0.5) is 0 Å². The van der Waals surface area contributed by atoms with E-state index in [0.29, 0.717) is 0 Å². The third-order valence-electron chi connectivity index (χ3n) is 4.14. The average molecular weight is 260 g/mol. The first kappa shape index (κ1) is 14.5. The van der Waals surface area contributed by atoms with Crippen LogP contribution in [0.2, 0.25) is 0 Å². The van der Waals surface area contributed by atoms with E-state index in [1.165, 1.54) is 49.9 Å². The molecule has 2 unspecified atom stereocenters. The van der Waals surface area contributed by atoms with Crippen molar-refractivity contribution in [3.8, 4) is 0 Å². The molecule has 0 saturated carbocycles. The average Bonchev–Trinajstić information content (AvgIpc) is 2.40. The van der Waals surface area contributed by atoms with Crippen LogP contribution in [-0.2, 0) is 6.42 Å². The normalized spacial score (nSPS) is 22.4. The smallest absolute Gasteiger partial charge is 0.0424 e. The van der Waals surface area contributed by atoms with Crippen molar-refractivity contribution in [2.75, 3.05) is 19.6 Å². The summed E-state index contributed by atoms with van der Waals surface area (Å²) in [5, 5.41) is 0. The maximum atomic E-state index is 6.35. The molecule has 0 aliphatic carbocycles. The van der Waals surface area contributed by atoms with Gasteiger partial charge in [-0.2, -0.15) is 0 Å². The fourth-order valence-electron chi connectivity index (χ4n) is 3.06. The molecule has 0 bridgehead atoms. The van der Waals surface area contributed by atoms with Gasteiger partial charge in [0, 0.05) is 19.1 Å². The third-order valence-corrected chi connectivity index (χ3v) is 4.14. The van der Waals surface area contributed by atoms with E-state index in [1.807, 2.05) is 0 Å². The Kier molecular flexibility index (Phi) is 5.41. The van der Waals surface area contributed by atoms with Crippen LogP contribution >= 0.6 is 0 Å². The highest BCUT2D eigenvalue weighted by Crippen LogP contribution is 2.19. The zero-order chi connectivity index (χ0) is 13.7. The Balaban J connectivity index is 1.89. The molecule has 1 aromatic rings. The van der Waals surface area contributed by atoms with Crippen LogP contribution in [0.25, 0.3) is 0 Å². The van der Waals surface area contributed by atoms with Crippen molar-refractivity contribution in [2.24, 2.45) is 11.7 Å². The van der Waals surface area contributed by atoms with Gasteiger partial charge >= 0.3 is 0 Å². The second-order valence-corrected chi connectivity index (χ2v) is 6.11. The summed E-state index contributed by atoms with van der Waals surface area (Å²) in [6.45, 7) is 7.99. The van der Waals surface area contributed by atoms with Gasteiger partial charge in [0.15, 0.2) is 0 Å². The molecule has 2 atom stereocenters. The van der Waals surface area contributed by atoms with Crippen LogP contribution in [0.5, 0.6) is 0 Å². The zero-order valence-electron chi connectivity index (χ0n) is 12.4. The monoisotopic (exact) mass is 260 g/mol. The lowest BCUT2D eigenvalue weighted by atomic mass is 9.98. The van der Waals surface area contributed by atoms with Crippen molar-refractivity contribution in [3.63, 3.8) is 0 Å². The molecule has 0 spiro atoms. The van der Waals surface area contributed by atoms with E-state index in [9.17, 15) is 0 Å². The number of likely N-dealkylation sites (tertiary alicyclic amines) is 1. The van der Waals surface area contributed by atoms with Gasteiger partial charge < -0.3 is 10.6 Å². The summed E-state index contributed by atoms with van der Waals surface area (Å²) in [5.41, 5.74) is 9.05. The summed E-state index contributed by atoms with van der Waals surface area (Å²) in [5.74, 6) is 0.827. The quantitative estimate of drug-likeness (QED) is 0.879. The molecule has 2 heteroatoms. The van der Waals surface area contributed by atoms with Gasteiger partial charge in [-0.25, -0.2) is 0 Å². The van der Waals surface area contributed by atoms with Crippen molar-refractivity contribution in [1.29, 1.82) is 0 Å². The summed E-state index contributed by atoms with van der Waals surface area (Å²) in [4.78, 5) is 2.53. The summed E-state index contributed by atoms with van der Waals surface area (Å²) in [7, 11) is 0. The lowest BCUT2D eigenvalue weighted by Gasteiger charge is -2.32. The largest absolute Gasteiger partial charge is 0.323 e. The molecule has 1 aromatic carbocycles. The van der Waals surface area contributed by atoms with Gasteiger partial charge in [0.05, 0.1) is 0 Å². The molecule has 2 rings (SSSR count). The number of benzene rings is 1. The molecule has 2 nitrogen and oxygen atoms in total. The molecule has 1 fully saturated rings. The topological polar surface area (TPSA) is 29.3 Å². The summed E-state index contributed by atoms with van der Waals surface area (Å²) in [6, 6.07) is 9.04. The van der Waals surface area contributed by atoms with Crippen LogP contribution in [0.15, 0.2) is 24.3 Å². The van der Waals surface area contributed by atoms with Crippen molar-refractivity contribution < 1.29 is 0 Å². The van der Waals surface area contributed by atoms with E-state index < -0.39 is 0 Å². The van der Waals surface area contributed by atoms with E-state index >= 15 is 0 Å². The fraction of sp³-hybridized carbons (Fsp3) is 0.647. The Morgan fingerprint density at radius 2 is 2.05 bits per heavy atom. The third kappa shape index (κ3) is 4.32. The number of hydrogen-bond donors (Lipinski definition) is 1. The van der Waals surface area contributed by atoms with Crippen molar-refractivity contribution in [2.45, 2.75) is 45.6 Å². The van der Waals surface area contributed by atoms with Gasteiger partial charge in [0.25, 0.3) is 0 Å². The molecule has 1 aliphatic heterocycles. The number of rotatable bonds is 5. The molecule has 19 heavy (non-hydrogen) atoms. The van der Waals surface area contributed by atoms with E-state index in [-0.39, 0.29) is 6.04 Å². The number of hydrogen-bond acceptors (Lipinski definition) is 2. The molecule has 2 N–H and O–H groups in total. The fourth-order valence-corrected chi connectivity index (χ4v) is 3.06. The first-order valence-electron chi connectivity index (χ1n) is 7.75. The van der Waals surface area contributed by atoms with Gasteiger partial charge in [0.2, 0.25) is 0 Å². The zero-order valence-corrected chi connectivity index (χ0v) is 12.4. The number of nitrogens with two attached hydrogens (primary N) is 1. The highest BCUT2D eigenvalue weighted by molar-refractivity contribution is 5.25. The SMILES string of the molecule is CCCc1ccc(C(N)CN2CCCC(C)C2)cc1. The molecular weight excluding hydrogens is 232 g/mol. The molecular formula is C17H28N2. The summed E-state index contributed by atoms with van der Waals surface area (Å²) in [6.07, 6.45) is 5.07. The van der Waals surface area contributed by atoms with Crippen LogP contribution < -0.4 is 5.73 Å². The van der Waals surface area contributed by atoms with E-state index in [2.05, 4.69) is 43.0 Å². The predicted molar refractivity (Wildman–Crippen MR) is 82.2 cm³/mol. The highest BCUT2D eigenvalue weighted by atomic mass is 15.1. The molecule has 1 heterocycles. The maximum absolute atomic E-state index is 6.35. The highest BCUT2D eigenvalue weighted by Gasteiger charge is 2.18. The molecule has 0 radical (unpaired) electrons. The van der Waals surface area contributed by atoms with Crippen LogP contribution in [0.1, 0.15) is 50.3 Å². The minimum Gasteiger partial charge on any atom is -0.323 e. The number of nitrogens with zero attached hydrogens (tertiary/aromatic N) is 1. The number of aryl methyl sites for hydroxylation is 1. The standard InChI is InChI=1S/C17H28N2/c1-3-5-15-7-9-16(10-8-15)17(18)13-19-11-4-6-14(2)12-19/h7-10,14,17H,3-6,11-13,18H2,1-2H3. The Bertz CT molecular complexity index is 371. The lowest BCUT2D eigenvalue weighted by Crippen LogP contribution is -2.39. The molecule has 1 aliphatic rings. The van der Waals surface area contributed by atoms with Crippen molar-refractivity contribution >= 4 is 0 Å². The second kappa shape index (κ2) is 7.06. The minimum absolute atomic E-state index is 0.154. The summed E-state index contributed by atoms with van der Waals surface area (Å²) < 4.78 is 0. The number of piperidine rings is 1. The maximum Gasteiger partial charge on any atom is 0.0424 e. The van der Waals surface area contributed by atoms with Crippen molar-refractivity contribution in [1.82, 2.24) is 4.90 Å². The van der Waals surface area contributed by atoms with Gasteiger partial charge in [-0.15, -0.1) is 0 Å². The first-order valence-corrected chi connectivity index (χ1v) is 7.75. The van der Waals surface area contributed by atoms with Crippen LogP contribution in [0, 0.1) is 5.92 Å². The predicted octanol–water partition coefficient (Wildman–Crippen LogP) is 3.37. The molecule has 0 amide bonds. The summed E-state index contributed by atoms with van der Waals surface area (Å²) >= 11 is 0. The van der Waals surface area contributed by atoms with E-state index in [4.69, 9.17) is 5.73 Å². The van der Waals surface area contributed by atoms with E-state index in [0.717, 1.165) is 12.5 Å². The van der Waals surface area contributed by atoms with Gasteiger partial charge in [-0.05, 0) is 42.9 Å². The van der Waals surface area contributed by atoms with Gasteiger partial charge in [-0.3, -0.25) is 0 Å². The Morgan fingerprint density at radius 3 is 2.68 bits per heavy atom. The Hall–Kier alpha value is -0.860. The second-order valence-electron chi connectivity index (χ2n) is 6.11. The Labute approximate surface area is 118 Å². The molecule has 1 saturated heterocycles. The minimum atomic E-state index is 0.154. The first-order chi connectivity index (χ1) is 9.19. The van der Waals surface area contributed by atoms with Crippen LogP contribution in [0.3, 0.4) is 0 Å². The molecule has 106 valence electrons.